The summed E-state index contributed by atoms with van der Waals surface area (Å²) in [6, 6.07) is 19.3. The van der Waals surface area contributed by atoms with E-state index in [-0.39, 0.29) is 12.2 Å². The van der Waals surface area contributed by atoms with E-state index in [4.69, 9.17) is 14.2 Å². The number of benzene rings is 2. The molecule has 1 aliphatic heterocycles. The SMILES string of the molecule is CC(C)(C)OC(=O)N1CCC(Oc2ccc(OCc3cccc(NC=O)c3)cc2)C1.Cc1cc2sccc2n1C. The van der Waals surface area contributed by atoms with Crippen molar-refractivity contribution in [1.29, 1.82) is 0 Å². The minimum Gasteiger partial charge on any atom is -0.489 e. The highest BCUT2D eigenvalue weighted by Crippen LogP contribution is 2.24. The first-order valence-electron chi connectivity index (χ1n) is 13.3. The predicted octanol–water partition coefficient (Wildman–Crippen LogP) is 6.77. The molecule has 8 nitrogen and oxygen atoms in total. The average molecular weight is 564 g/mol. The number of hydrogen-bond donors (Lipinski definition) is 1. The summed E-state index contributed by atoms with van der Waals surface area (Å²) in [7, 11) is 2.10. The fourth-order valence-corrected chi connectivity index (χ4v) is 5.19. The zero-order valence-corrected chi connectivity index (χ0v) is 24.5. The smallest absolute Gasteiger partial charge is 0.410 e. The van der Waals surface area contributed by atoms with Crippen LogP contribution in [0.5, 0.6) is 11.5 Å². The van der Waals surface area contributed by atoms with Crippen LogP contribution in [0.1, 0.15) is 38.4 Å². The summed E-state index contributed by atoms with van der Waals surface area (Å²) in [6.45, 7) is 9.23. The first kappa shape index (κ1) is 29.0. The third-order valence-corrected chi connectivity index (χ3v) is 7.24. The summed E-state index contributed by atoms with van der Waals surface area (Å²) in [6.07, 6.45) is 1.06. The highest BCUT2D eigenvalue weighted by Gasteiger charge is 2.30. The van der Waals surface area contributed by atoms with E-state index in [2.05, 4.69) is 41.4 Å². The van der Waals surface area contributed by atoms with Crippen molar-refractivity contribution in [1.82, 2.24) is 9.47 Å². The molecule has 0 bridgehead atoms. The van der Waals surface area contributed by atoms with Gasteiger partial charge in [-0.3, -0.25) is 4.79 Å². The van der Waals surface area contributed by atoms with E-state index in [1.165, 1.54) is 15.9 Å². The fraction of sp³-hybridized carbons (Fsp3) is 0.355. The van der Waals surface area contributed by atoms with Gasteiger partial charge in [0, 0.05) is 31.4 Å². The molecule has 9 heteroatoms. The predicted molar refractivity (Wildman–Crippen MR) is 159 cm³/mol. The Morgan fingerprint density at radius 3 is 2.55 bits per heavy atom. The van der Waals surface area contributed by atoms with E-state index in [1.54, 1.807) is 16.2 Å². The number of nitrogens with zero attached hydrogens (tertiary/aromatic N) is 2. The highest BCUT2D eigenvalue weighted by molar-refractivity contribution is 7.17. The van der Waals surface area contributed by atoms with Gasteiger partial charge in [-0.05, 0) is 87.2 Å². The van der Waals surface area contributed by atoms with Gasteiger partial charge in [0.15, 0.2) is 0 Å². The van der Waals surface area contributed by atoms with Crippen molar-refractivity contribution in [2.24, 2.45) is 7.05 Å². The van der Waals surface area contributed by atoms with Crippen molar-refractivity contribution in [3.05, 3.63) is 77.3 Å². The largest absolute Gasteiger partial charge is 0.489 e. The molecule has 1 saturated heterocycles. The molecule has 0 aliphatic carbocycles. The molecule has 0 spiro atoms. The maximum Gasteiger partial charge on any atom is 0.410 e. The molecule has 5 rings (SSSR count). The van der Waals surface area contributed by atoms with Crippen LogP contribution < -0.4 is 14.8 Å². The van der Waals surface area contributed by atoms with Gasteiger partial charge in [0.2, 0.25) is 6.41 Å². The standard InChI is InChI=1S/C23H28N2O5.C8H9NS/c1-23(2,3)30-22(27)25-12-11-21(14-25)29-20-9-7-19(8-10-20)28-15-17-5-4-6-18(13-17)24-16-26;1-6-5-8-7(9(6)2)3-4-10-8/h4-10,13,16,21H,11-12,14-15H2,1-3H3,(H,24,26);3-5H,1-2H3. The van der Waals surface area contributed by atoms with Gasteiger partial charge in [-0.25, -0.2) is 4.79 Å². The highest BCUT2D eigenvalue weighted by atomic mass is 32.1. The molecule has 0 saturated carbocycles. The molecular formula is C31H37N3O5S. The Kier molecular flexibility index (Phi) is 9.37. The molecule has 40 heavy (non-hydrogen) atoms. The molecule has 2 amide bonds. The average Bonchev–Trinajstić information content (AvgIpc) is 3.63. The molecule has 2 aromatic carbocycles. The van der Waals surface area contributed by atoms with Crippen LogP contribution in [0.15, 0.2) is 66.0 Å². The van der Waals surface area contributed by atoms with Crippen LogP contribution in [-0.2, 0) is 23.2 Å². The lowest BCUT2D eigenvalue weighted by Crippen LogP contribution is -2.36. The molecule has 0 radical (unpaired) electrons. The van der Waals surface area contributed by atoms with E-state index < -0.39 is 5.60 Å². The zero-order chi connectivity index (χ0) is 28.7. The zero-order valence-electron chi connectivity index (χ0n) is 23.7. The number of aryl methyl sites for hydroxylation is 2. The second kappa shape index (κ2) is 12.9. The van der Waals surface area contributed by atoms with E-state index in [0.29, 0.717) is 26.1 Å². The third-order valence-electron chi connectivity index (χ3n) is 6.39. The van der Waals surface area contributed by atoms with Crippen molar-refractivity contribution in [3.63, 3.8) is 0 Å². The summed E-state index contributed by atoms with van der Waals surface area (Å²) < 4.78 is 20.8. The maximum absolute atomic E-state index is 12.2. The van der Waals surface area contributed by atoms with Gasteiger partial charge in [-0.15, -0.1) is 11.3 Å². The van der Waals surface area contributed by atoms with E-state index in [9.17, 15) is 9.59 Å². The van der Waals surface area contributed by atoms with Crippen molar-refractivity contribution < 1.29 is 23.8 Å². The topological polar surface area (TPSA) is 82.0 Å². The normalized spacial score (nSPS) is 14.8. The summed E-state index contributed by atoms with van der Waals surface area (Å²) in [5.41, 5.74) is 3.87. The van der Waals surface area contributed by atoms with Gasteiger partial charge in [-0.1, -0.05) is 12.1 Å². The molecule has 1 aliphatic rings. The van der Waals surface area contributed by atoms with Crippen molar-refractivity contribution in [2.45, 2.75) is 52.4 Å². The van der Waals surface area contributed by atoms with E-state index in [0.717, 1.165) is 29.2 Å². The van der Waals surface area contributed by atoms with Crippen molar-refractivity contribution >= 4 is 39.7 Å². The summed E-state index contributed by atoms with van der Waals surface area (Å²) in [4.78, 5) is 24.4. The van der Waals surface area contributed by atoms with Crippen molar-refractivity contribution in [3.8, 4) is 11.5 Å². The summed E-state index contributed by atoms with van der Waals surface area (Å²) >= 11 is 1.80. The van der Waals surface area contributed by atoms with Crippen LogP contribution in [-0.4, -0.2) is 46.8 Å². The Balaban J connectivity index is 0.000000307. The number of ether oxygens (including phenoxy) is 3. The molecule has 4 aromatic rings. The molecule has 1 N–H and O–H groups in total. The van der Waals surface area contributed by atoms with Gasteiger partial charge in [0.25, 0.3) is 0 Å². The molecule has 212 valence electrons. The van der Waals surface area contributed by atoms with Crippen LogP contribution in [0.25, 0.3) is 10.2 Å². The number of rotatable bonds is 7. The van der Waals surface area contributed by atoms with E-state index in [1.807, 2.05) is 69.3 Å². The number of nitrogens with one attached hydrogen (secondary N) is 1. The van der Waals surface area contributed by atoms with Gasteiger partial charge < -0.3 is 29.0 Å². The molecule has 1 unspecified atom stereocenters. The third kappa shape index (κ3) is 8.02. The quantitative estimate of drug-likeness (QED) is 0.251. The first-order valence-corrected chi connectivity index (χ1v) is 14.2. The van der Waals surface area contributed by atoms with Crippen molar-refractivity contribution in [2.75, 3.05) is 18.4 Å². The molecule has 1 fully saturated rings. The number of likely N-dealkylation sites (tertiary alicyclic amines) is 1. The number of thiophene rings is 1. The van der Waals surface area contributed by atoms with Crippen LogP contribution in [0.2, 0.25) is 0 Å². The molecule has 3 heterocycles. The number of aromatic nitrogens is 1. The number of anilines is 1. The van der Waals surface area contributed by atoms with Crippen LogP contribution in [0.3, 0.4) is 0 Å². The van der Waals surface area contributed by atoms with Crippen LogP contribution in [0.4, 0.5) is 10.5 Å². The van der Waals surface area contributed by atoms with Crippen LogP contribution in [0, 0.1) is 6.92 Å². The number of carbonyl (C=O) groups is 2. The lowest BCUT2D eigenvalue weighted by molar-refractivity contribution is -0.105. The Morgan fingerprint density at radius 1 is 1.10 bits per heavy atom. The Bertz CT molecular complexity index is 1420. The van der Waals surface area contributed by atoms with Gasteiger partial charge in [-0.2, -0.15) is 0 Å². The van der Waals surface area contributed by atoms with Gasteiger partial charge in [0.05, 0.1) is 16.8 Å². The second-order valence-electron chi connectivity index (χ2n) is 10.7. The minimum atomic E-state index is -0.502. The van der Waals surface area contributed by atoms with E-state index >= 15 is 0 Å². The van der Waals surface area contributed by atoms with Gasteiger partial charge >= 0.3 is 6.09 Å². The number of fused-ring (bicyclic) bond motifs is 1. The number of amides is 2. The maximum atomic E-state index is 12.2. The molecule has 2 aromatic heterocycles. The lowest BCUT2D eigenvalue weighted by Gasteiger charge is -2.24. The summed E-state index contributed by atoms with van der Waals surface area (Å²) in [5.74, 6) is 1.45. The molecular weight excluding hydrogens is 526 g/mol. The molecule has 1 atom stereocenters. The Morgan fingerprint density at radius 2 is 1.85 bits per heavy atom. The first-order chi connectivity index (χ1) is 19.1. The minimum absolute atomic E-state index is 0.0580. The Hall–Kier alpha value is -3.98. The second-order valence-corrected chi connectivity index (χ2v) is 11.6. The summed E-state index contributed by atoms with van der Waals surface area (Å²) in [5, 5.41) is 4.75. The Labute approximate surface area is 239 Å². The van der Waals surface area contributed by atoms with Crippen LogP contribution >= 0.6 is 11.3 Å². The monoisotopic (exact) mass is 563 g/mol. The lowest BCUT2D eigenvalue weighted by atomic mass is 10.2. The number of carbonyl (C=O) groups excluding carboxylic acids is 2. The number of hydrogen-bond acceptors (Lipinski definition) is 6. The van der Waals surface area contributed by atoms with Gasteiger partial charge in [0.1, 0.15) is 29.8 Å². The fourth-order valence-electron chi connectivity index (χ4n) is 4.29.